The first-order valence-corrected chi connectivity index (χ1v) is 10.5. The minimum Gasteiger partial charge on any atom is -0.507 e. The number of H-pyrrole nitrogens is 1. The van der Waals surface area contributed by atoms with Crippen LogP contribution in [0, 0.1) is 0 Å². The van der Waals surface area contributed by atoms with Crippen molar-refractivity contribution in [3.05, 3.63) is 57.5 Å². The smallest absolute Gasteiger partial charge is 0.339 e. The van der Waals surface area contributed by atoms with E-state index in [0.717, 1.165) is 24.3 Å². The van der Waals surface area contributed by atoms with Crippen molar-refractivity contribution in [3.63, 3.8) is 0 Å². The molecule has 1 atom stereocenters. The Morgan fingerprint density at radius 3 is 2.41 bits per heavy atom. The summed E-state index contributed by atoms with van der Waals surface area (Å²) >= 11 is 0. The number of carboxylic acid groups (broad SMARTS) is 1. The van der Waals surface area contributed by atoms with Crippen LogP contribution in [0.1, 0.15) is 39.8 Å². The predicted molar refractivity (Wildman–Crippen MR) is 109 cm³/mol. The van der Waals surface area contributed by atoms with Gasteiger partial charge in [-0.25, -0.2) is 17.9 Å². The number of aromatic hydroxyl groups is 1. The second kappa shape index (κ2) is 9.98. The molecule has 0 aliphatic carbocycles. The number of carbonyl (C=O) groups is 4. The molecule has 0 saturated carbocycles. The quantitative estimate of drug-likeness (QED) is 0.288. The summed E-state index contributed by atoms with van der Waals surface area (Å²) in [6.07, 6.45) is 0.142. The minimum absolute atomic E-state index is 0.0861. The van der Waals surface area contributed by atoms with Crippen LogP contribution in [0.3, 0.4) is 0 Å². The topological polar surface area (TPSA) is 200 Å². The normalized spacial score (nSPS) is 12.0. The van der Waals surface area contributed by atoms with Gasteiger partial charge in [0.2, 0.25) is 10.0 Å². The fraction of sp³-hybridized carbons (Fsp3) is 0.211. The Morgan fingerprint density at radius 1 is 1.16 bits per heavy atom. The molecule has 1 aromatic heterocycles. The molecule has 0 saturated heterocycles. The monoisotopic (exact) mass is 465 g/mol. The Labute approximate surface area is 181 Å². The second-order valence-corrected chi connectivity index (χ2v) is 8.42. The lowest BCUT2D eigenvalue weighted by atomic mass is 10.1. The maximum absolute atomic E-state index is 12.4. The van der Waals surface area contributed by atoms with Gasteiger partial charge in [-0.15, -0.1) is 0 Å². The van der Waals surface area contributed by atoms with Gasteiger partial charge in [-0.3, -0.25) is 14.4 Å². The zero-order chi connectivity index (χ0) is 24.1. The molecule has 2 rings (SSSR count). The number of phenols is 1. The molecule has 1 amide bonds. The lowest BCUT2D eigenvalue weighted by Gasteiger charge is -2.11. The largest absolute Gasteiger partial charge is 0.507 e. The third-order valence-corrected chi connectivity index (χ3v) is 5.56. The molecule has 0 bridgehead atoms. The van der Waals surface area contributed by atoms with Crippen LogP contribution in [0.15, 0.2) is 40.0 Å². The van der Waals surface area contributed by atoms with Gasteiger partial charge in [0.25, 0.3) is 11.5 Å². The first kappa shape index (κ1) is 24.4. The van der Waals surface area contributed by atoms with Gasteiger partial charge in [-0.05, 0) is 37.3 Å². The summed E-state index contributed by atoms with van der Waals surface area (Å²) in [6.45, 7) is 0.843. The van der Waals surface area contributed by atoms with Gasteiger partial charge in [-0.2, -0.15) is 0 Å². The van der Waals surface area contributed by atoms with Crippen LogP contribution in [0.5, 0.6) is 5.75 Å². The Balaban J connectivity index is 2.14. The zero-order valence-corrected chi connectivity index (χ0v) is 17.4. The number of hydrogen-bond acceptors (Lipinski definition) is 8. The summed E-state index contributed by atoms with van der Waals surface area (Å²) < 4.78 is 26.9. The number of ketones is 1. The van der Waals surface area contributed by atoms with Gasteiger partial charge in [-0.1, -0.05) is 0 Å². The number of carbonyl (C=O) groups excluding carboxylic acids is 3. The molecule has 0 spiro atoms. The Kier molecular flexibility index (Phi) is 7.62. The van der Waals surface area contributed by atoms with Crippen molar-refractivity contribution in [1.29, 1.82) is 0 Å². The third kappa shape index (κ3) is 6.09. The Hall–Kier alpha value is -3.84. The standard InChI is InChI=1S/C19H19N3O9S/c1-10(24)6-12(9-23)22-18(27)14-4-2-11(21-17(14)26)8-20-32(30,31)13-3-5-16(25)15(7-13)19(28)29/h2-5,7,9,12,20,25H,6,8H2,1H3,(H,21,26)(H,22,27)(H,28,29)/t12-/m0/s1. The molecular weight excluding hydrogens is 446 g/mol. The van der Waals surface area contributed by atoms with Crippen molar-refractivity contribution < 1.29 is 37.8 Å². The van der Waals surface area contributed by atoms with Gasteiger partial charge in [0, 0.05) is 12.1 Å². The maximum Gasteiger partial charge on any atom is 0.339 e. The first-order valence-electron chi connectivity index (χ1n) is 8.98. The van der Waals surface area contributed by atoms with Crippen LogP contribution in [0.4, 0.5) is 0 Å². The summed E-state index contributed by atoms with van der Waals surface area (Å²) in [5.74, 6) is -3.34. The van der Waals surface area contributed by atoms with Gasteiger partial charge in [0.05, 0.1) is 17.5 Å². The summed E-state index contributed by atoms with van der Waals surface area (Å²) in [6, 6.07) is 4.00. The van der Waals surface area contributed by atoms with Crippen molar-refractivity contribution in [2.45, 2.75) is 30.8 Å². The van der Waals surface area contributed by atoms with Gasteiger partial charge >= 0.3 is 5.97 Å². The lowest BCUT2D eigenvalue weighted by Crippen LogP contribution is -2.39. The first-order chi connectivity index (χ1) is 14.9. The molecule has 170 valence electrons. The summed E-state index contributed by atoms with van der Waals surface area (Å²) in [4.78, 5) is 59.4. The number of aromatic amines is 1. The van der Waals surface area contributed by atoms with Crippen LogP contribution in [0.25, 0.3) is 0 Å². The highest BCUT2D eigenvalue weighted by atomic mass is 32.2. The number of aromatic nitrogens is 1. The van der Waals surface area contributed by atoms with E-state index < -0.39 is 56.3 Å². The van der Waals surface area contributed by atoms with Gasteiger partial charge in [0.15, 0.2) is 0 Å². The fourth-order valence-corrected chi connectivity index (χ4v) is 3.63. The van der Waals surface area contributed by atoms with E-state index in [4.69, 9.17) is 5.11 Å². The van der Waals surface area contributed by atoms with E-state index in [-0.39, 0.29) is 23.5 Å². The minimum atomic E-state index is -4.20. The number of nitrogens with one attached hydrogen (secondary N) is 3. The number of aldehydes is 1. The molecule has 1 heterocycles. The third-order valence-electron chi connectivity index (χ3n) is 4.16. The van der Waals surface area contributed by atoms with Crippen LogP contribution < -0.4 is 15.6 Å². The summed E-state index contributed by atoms with van der Waals surface area (Å²) in [7, 11) is -4.20. The summed E-state index contributed by atoms with van der Waals surface area (Å²) in [5, 5.41) is 20.7. The van der Waals surface area contributed by atoms with E-state index in [1.165, 1.54) is 13.0 Å². The van der Waals surface area contributed by atoms with Crippen LogP contribution >= 0.6 is 0 Å². The van der Waals surface area contributed by atoms with Crippen molar-refractivity contribution in [1.82, 2.24) is 15.0 Å². The molecule has 5 N–H and O–H groups in total. The SMILES string of the molecule is CC(=O)C[C@@H](C=O)NC(=O)c1ccc(CNS(=O)(=O)c2ccc(O)c(C(=O)O)c2)[nH]c1=O. The highest BCUT2D eigenvalue weighted by molar-refractivity contribution is 7.89. The Morgan fingerprint density at radius 2 is 1.84 bits per heavy atom. The fourth-order valence-electron chi connectivity index (χ4n) is 2.60. The van der Waals surface area contributed by atoms with E-state index in [1.54, 1.807) is 0 Å². The van der Waals surface area contributed by atoms with E-state index >= 15 is 0 Å². The van der Waals surface area contributed by atoms with Crippen molar-refractivity contribution in [3.8, 4) is 5.75 Å². The number of sulfonamides is 1. The molecule has 2 aromatic rings. The molecule has 0 fully saturated rings. The van der Waals surface area contributed by atoms with Crippen LogP contribution in [-0.2, 0) is 26.2 Å². The molecule has 1 aromatic carbocycles. The molecule has 32 heavy (non-hydrogen) atoms. The average molecular weight is 465 g/mol. The van der Waals surface area contributed by atoms with E-state index in [1.807, 2.05) is 0 Å². The highest BCUT2D eigenvalue weighted by Crippen LogP contribution is 2.21. The van der Waals surface area contributed by atoms with Crippen molar-refractivity contribution in [2.75, 3.05) is 0 Å². The second-order valence-electron chi connectivity index (χ2n) is 6.66. The lowest BCUT2D eigenvalue weighted by molar-refractivity contribution is -0.119. The van der Waals surface area contributed by atoms with Gasteiger partial charge in [0.1, 0.15) is 28.9 Å². The molecule has 0 radical (unpaired) electrons. The number of carboxylic acids is 1. The number of benzene rings is 1. The van der Waals surface area contributed by atoms with E-state index in [0.29, 0.717) is 6.29 Å². The molecule has 0 unspecified atom stereocenters. The zero-order valence-electron chi connectivity index (χ0n) is 16.6. The molecule has 12 nitrogen and oxygen atoms in total. The van der Waals surface area contributed by atoms with Crippen molar-refractivity contribution in [2.24, 2.45) is 0 Å². The average Bonchev–Trinajstić information content (AvgIpc) is 2.71. The number of hydrogen-bond donors (Lipinski definition) is 5. The number of rotatable bonds is 10. The van der Waals surface area contributed by atoms with E-state index in [9.17, 15) is 37.5 Å². The van der Waals surface area contributed by atoms with E-state index in [2.05, 4.69) is 15.0 Å². The molecular formula is C19H19N3O9S. The molecule has 0 aliphatic rings. The van der Waals surface area contributed by atoms with Crippen LogP contribution in [-0.4, -0.2) is 53.6 Å². The highest BCUT2D eigenvalue weighted by Gasteiger charge is 2.20. The number of Topliss-reactive ketones (excluding diaryl/α,β-unsaturated/α-hetero) is 1. The predicted octanol–water partition coefficient (Wildman–Crippen LogP) is -0.466. The molecule has 0 aliphatic heterocycles. The number of pyridine rings is 1. The van der Waals surface area contributed by atoms with Crippen LogP contribution in [0.2, 0.25) is 0 Å². The maximum atomic E-state index is 12.4. The number of aromatic carboxylic acids is 1. The van der Waals surface area contributed by atoms with Crippen molar-refractivity contribution >= 4 is 34.0 Å². The Bertz CT molecular complexity index is 1230. The summed E-state index contributed by atoms with van der Waals surface area (Å²) in [5.41, 5.74) is -1.72. The van der Waals surface area contributed by atoms with Gasteiger partial charge < -0.3 is 25.3 Å². The number of amides is 1. The molecule has 13 heteroatoms.